The zero-order valence-electron chi connectivity index (χ0n) is 18.7. The lowest BCUT2D eigenvalue weighted by Gasteiger charge is -2.20. The van der Waals surface area contributed by atoms with Crippen LogP contribution >= 0.6 is 0 Å². The lowest BCUT2D eigenvalue weighted by atomic mass is 9.95. The topological polar surface area (TPSA) is 40.6 Å². The van der Waals surface area contributed by atoms with Gasteiger partial charge in [0.05, 0.1) is 22.5 Å². The number of carbonyl (C=O) groups is 2. The van der Waals surface area contributed by atoms with E-state index in [-0.39, 0.29) is 11.8 Å². The number of fused-ring (bicyclic) bond motifs is 2. The van der Waals surface area contributed by atoms with Gasteiger partial charge in [-0.1, -0.05) is 52.0 Å². The molecule has 2 aliphatic heterocycles. The maximum absolute atomic E-state index is 13.6. The summed E-state index contributed by atoms with van der Waals surface area (Å²) in [6.45, 7) is 13.8. The number of aryl methyl sites for hydroxylation is 2. The van der Waals surface area contributed by atoms with E-state index in [4.69, 9.17) is 0 Å². The normalized spacial score (nSPS) is 18.1. The zero-order chi connectivity index (χ0) is 21.7. The van der Waals surface area contributed by atoms with E-state index < -0.39 is 0 Å². The average Bonchev–Trinajstić information content (AvgIpc) is 3.06. The second kappa shape index (κ2) is 7.42. The van der Waals surface area contributed by atoms with Crippen LogP contribution in [0.5, 0.6) is 0 Å². The number of hydrogen-bond acceptors (Lipinski definition) is 2. The summed E-state index contributed by atoms with van der Waals surface area (Å²) in [7, 11) is 0. The van der Waals surface area contributed by atoms with Crippen molar-refractivity contribution in [1.82, 2.24) is 0 Å². The molecule has 2 aliphatic rings. The van der Waals surface area contributed by atoms with E-state index in [0.29, 0.717) is 36.1 Å². The largest absolute Gasteiger partial charge is 0.307 e. The van der Waals surface area contributed by atoms with Crippen LogP contribution < -0.4 is 9.80 Å². The van der Waals surface area contributed by atoms with Crippen molar-refractivity contribution in [3.05, 3.63) is 58.7 Å². The number of carbonyl (C=O) groups excluding carboxylic acids is 2. The Morgan fingerprint density at radius 1 is 0.667 bits per heavy atom. The van der Waals surface area contributed by atoms with E-state index in [2.05, 4.69) is 39.8 Å². The SMILES string of the molecule is Cc1ccc2c(c1)N(CC(C)C)C(=O)/C2=C1/C(=O)N(CC(C)C)c2cc(C)ccc21. The Hall–Kier alpha value is -2.88. The average molecular weight is 403 g/mol. The van der Waals surface area contributed by atoms with Gasteiger partial charge in [-0.3, -0.25) is 9.59 Å². The third-order valence-electron chi connectivity index (χ3n) is 5.69. The highest BCUT2D eigenvalue weighted by Crippen LogP contribution is 2.47. The maximum Gasteiger partial charge on any atom is 0.259 e. The summed E-state index contributed by atoms with van der Waals surface area (Å²) in [6, 6.07) is 12.2. The van der Waals surface area contributed by atoms with Gasteiger partial charge >= 0.3 is 0 Å². The van der Waals surface area contributed by atoms with E-state index in [9.17, 15) is 9.59 Å². The van der Waals surface area contributed by atoms with Crippen molar-refractivity contribution in [1.29, 1.82) is 0 Å². The second-order valence-electron chi connectivity index (χ2n) is 9.41. The molecule has 0 radical (unpaired) electrons. The van der Waals surface area contributed by atoms with Gasteiger partial charge in [-0.2, -0.15) is 0 Å². The van der Waals surface area contributed by atoms with Gasteiger partial charge in [0.15, 0.2) is 0 Å². The highest BCUT2D eigenvalue weighted by atomic mass is 16.2. The third kappa shape index (κ3) is 3.24. The molecule has 4 heteroatoms. The Kier molecular flexibility index (Phi) is 5.05. The summed E-state index contributed by atoms with van der Waals surface area (Å²) < 4.78 is 0. The molecule has 0 aliphatic carbocycles. The van der Waals surface area contributed by atoms with Crippen LogP contribution in [0.2, 0.25) is 0 Å². The van der Waals surface area contributed by atoms with Gasteiger partial charge < -0.3 is 9.80 Å². The fraction of sp³-hybridized carbons (Fsp3) is 0.385. The van der Waals surface area contributed by atoms with Crippen molar-refractivity contribution in [2.24, 2.45) is 11.8 Å². The lowest BCUT2D eigenvalue weighted by molar-refractivity contribution is -0.114. The van der Waals surface area contributed by atoms with Gasteiger partial charge in [0.1, 0.15) is 0 Å². The fourth-order valence-electron chi connectivity index (χ4n) is 4.45. The van der Waals surface area contributed by atoms with Gasteiger partial charge in [0, 0.05) is 24.2 Å². The molecule has 0 fully saturated rings. The van der Waals surface area contributed by atoms with Crippen LogP contribution in [0.25, 0.3) is 11.1 Å². The molecular weight excluding hydrogens is 372 g/mol. The minimum atomic E-state index is -0.0643. The van der Waals surface area contributed by atoms with Crippen molar-refractivity contribution in [3.8, 4) is 0 Å². The minimum Gasteiger partial charge on any atom is -0.307 e. The molecule has 0 bridgehead atoms. The molecule has 156 valence electrons. The van der Waals surface area contributed by atoms with Crippen LogP contribution in [0.15, 0.2) is 36.4 Å². The van der Waals surface area contributed by atoms with Crippen molar-refractivity contribution in [2.75, 3.05) is 22.9 Å². The Bertz CT molecular complexity index is 993. The van der Waals surface area contributed by atoms with Gasteiger partial charge in [-0.15, -0.1) is 0 Å². The smallest absolute Gasteiger partial charge is 0.259 e. The number of nitrogens with zero attached hydrogens (tertiary/aromatic N) is 2. The lowest BCUT2D eigenvalue weighted by Crippen LogP contribution is -2.32. The first kappa shape index (κ1) is 20.4. The molecule has 0 aromatic heterocycles. The molecule has 30 heavy (non-hydrogen) atoms. The first-order chi connectivity index (χ1) is 14.2. The van der Waals surface area contributed by atoms with Crippen molar-refractivity contribution in [3.63, 3.8) is 0 Å². The van der Waals surface area contributed by atoms with Crippen LogP contribution in [-0.2, 0) is 9.59 Å². The Morgan fingerprint density at radius 2 is 1.03 bits per heavy atom. The molecule has 0 unspecified atom stereocenters. The molecule has 0 saturated heterocycles. The van der Waals surface area contributed by atoms with Crippen LogP contribution in [0.3, 0.4) is 0 Å². The van der Waals surface area contributed by atoms with E-state index in [1.54, 1.807) is 0 Å². The Morgan fingerprint density at radius 3 is 1.37 bits per heavy atom. The second-order valence-corrected chi connectivity index (χ2v) is 9.41. The Labute approximate surface area is 179 Å². The molecule has 0 atom stereocenters. The van der Waals surface area contributed by atoms with Gasteiger partial charge in [0.2, 0.25) is 0 Å². The van der Waals surface area contributed by atoms with Crippen molar-refractivity contribution >= 4 is 34.3 Å². The number of rotatable bonds is 4. The van der Waals surface area contributed by atoms with Crippen LogP contribution in [0.4, 0.5) is 11.4 Å². The summed E-state index contributed by atoms with van der Waals surface area (Å²) in [5, 5.41) is 0. The predicted octanol–water partition coefficient (Wildman–Crippen LogP) is 5.22. The maximum atomic E-state index is 13.6. The summed E-state index contributed by atoms with van der Waals surface area (Å²) >= 11 is 0. The van der Waals surface area contributed by atoms with Crippen molar-refractivity contribution < 1.29 is 9.59 Å². The number of anilines is 2. The van der Waals surface area contributed by atoms with Gasteiger partial charge in [-0.05, 0) is 48.9 Å². The number of hydrogen-bond donors (Lipinski definition) is 0. The van der Waals surface area contributed by atoms with Crippen LogP contribution in [-0.4, -0.2) is 24.9 Å². The summed E-state index contributed by atoms with van der Waals surface area (Å²) in [5.41, 5.74) is 6.88. The highest BCUT2D eigenvalue weighted by Gasteiger charge is 2.42. The van der Waals surface area contributed by atoms with Crippen LogP contribution in [0, 0.1) is 25.7 Å². The molecule has 2 aromatic rings. The Balaban J connectivity index is 1.97. The first-order valence-corrected chi connectivity index (χ1v) is 10.8. The molecule has 0 spiro atoms. The molecule has 2 aromatic carbocycles. The van der Waals surface area contributed by atoms with E-state index >= 15 is 0 Å². The summed E-state index contributed by atoms with van der Waals surface area (Å²) in [4.78, 5) is 31.0. The molecule has 4 rings (SSSR count). The molecule has 0 saturated carbocycles. The van der Waals surface area contributed by atoms with Gasteiger partial charge in [0.25, 0.3) is 11.8 Å². The monoisotopic (exact) mass is 402 g/mol. The standard InChI is InChI=1S/C26H30N2O2/c1-15(2)13-27-21-11-17(5)7-9-19(21)23(25(27)29)24-20-10-8-18(6)12-22(20)28(26(24)30)14-16(3)4/h7-12,15-16H,13-14H2,1-6H3/b24-23+. The van der Waals surface area contributed by atoms with E-state index in [0.717, 1.165) is 33.6 Å². The molecule has 4 nitrogen and oxygen atoms in total. The third-order valence-corrected chi connectivity index (χ3v) is 5.69. The van der Waals surface area contributed by atoms with Crippen LogP contribution in [0.1, 0.15) is 49.9 Å². The molecule has 2 amide bonds. The molecule has 2 heterocycles. The van der Waals surface area contributed by atoms with E-state index in [1.807, 2.05) is 47.9 Å². The summed E-state index contributed by atoms with van der Waals surface area (Å²) in [5.74, 6) is 0.535. The first-order valence-electron chi connectivity index (χ1n) is 10.8. The minimum absolute atomic E-state index is 0.0643. The zero-order valence-corrected chi connectivity index (χ0v) is 18.7. The summed E-state index contributed by atoms with van der Waals surface area (Å²) in [6.07, 6.45) is 0. The van der Waals surface area contributed by atoms with Gasteiger partial charge in [-0.25, -0.2) is 0 Å². The molecular formula is C26H30N2O2. The predicted molar refractivity (Wildman–Crippen MR) is 124 cm³/mol. The highest BCUT2D eigenvalue weighted by molar-refractivity contribution is 6.49. The number of amides is 2. The molecule has 0 N–H and O–H groups in total. The van der Waals surface area contributed by atoms with Crippen molar-refractivity contribution in [2.45, 2.75) is 41.5 Å². The quantitative estimate of drug-likeness (QED) is 0.658. The number of benzene rings is 2. The fourth-order valence-corrected chi connectivity index (χ4v) is 4.45. The van der Waals surface area contributed by atoms with E-state index in [1.165, 1.54) is 0 Å².